The Morgan fingerprint density at radius 3 is 2.18 bits per heavy atom. The van der Waals surface area contributed by atoms with E-state index in [1.807, 2.05) is 47.9 Å². The first-order chi connectivity index (χ1) is 16.1. The van der Waals surface area contributed by atoms with Gasteiger partial charge in [0, 0.05) is 49.0 Å². The number of aromatic nitrogens is 2. The normalized spacial score (nSPS) is 31.0. The van der Waals surface area contributed by atoms with Crippen LogP contribution in [0.2, 0.25) is 0 Å². The molecule has 5 aliphatic rings. The van der Waals surface area contributed by atoms with Crippen molar-refractivity contribution in [1.29, 1.82) is 0 Å². The highest BCUT2D eigenvalue weighted by atomic mass is 16.2. The third kappa shape index (κ3) is 3.98. The summed E-state index contributed by atoms with van der Waals surface area (Å²) in [6, 6.07) is 8.24. The van der Waals surface area contributed by atoms with E-state index in [1.54, 1.807) is 0 Å². The number of nitrogens with one attached hydrogen (secondary N) is 1. The van der Waals surface area contributed by atoms with Gasteiger partial charge in [0.15, 0.2) is 0 Å². The minimum atomic E-state index is -0.104. The van der Waals surface area contributed by atoms with Gasteiger partial charge in [-0.3, -0.25) is 9.59 Å². The minimum Gasteiger partial charge on any atom is -0.352 e. The predicted molar refractivity (Wildman–Crippen MR) is 125 cm³/mol. The number of amides is 2. The summed E-state index contributed by atoms with van der Waals surface area (Å²) in [5.41, 5.74) is 1.68. The third-order valence-corrected chi connectivity index (χ3v) is 8.87. The second-order valence-corrected chi connectivity index (χ2v) is 11.1. The van der Waals surface area contributed by atoms with E-state index in [1.165, 1.54) is 19.3 Å². The quantitative estimate of drug-likeness (QED) is 0.749. The van der Waals surface area contributed by atoms with Crippen LogP contribution in [0.4, 0.5) is 0 Å². The number of benzene rings is 1. The van der Waals surface area contributed by atoms with Gasteiger partial charge in [-0.05, 0) is 86.8 Å². The SMILES string of the molecule is O=C(c1ccc(CNC(=O)C23CC4CC(CC(C4)C2)C3)cc1)N1CCC(n2ccnc2)CC1. The number of likely N-dealkylation sites (tertiary alicyclic amines) is 1. The molecule has 4 saturated carbocycles. The van der Waals surface area contributed by atoms with Gasteiger partial charge in [0.25, 0.3) is 5.91 Å². The van der Waals surface area contributed by atoms with Gasteiger partial charge in [0.2, 0.25) is 5.91 Å². The maximum atomic E-state index is 13.2. The molecule has 0 radical (unpaired) electrons. The van der Waals surface area contributed by atoms with E-state index < -0.39 is 0 Å². The van der Waals surface area contributed by atoms with Gasteiger partial charge < -0.3 is 14.8 Å². The first-order valence-corrected chi connectivity index (χ1v) is 12.7. The molecule has 1 aromatic carbocycles. The van der Waals surface area contributed by atoms with Crippen molar-refractivity contribution in [3.05, 3.63) is 54.1 Å². The van der Waals surface area contributed by atoms with E-state index in [4.69, 9.17) is 0 Å². The van der Waals surface area contributed by atoms with E-state index in [-0.39, 0.29) is 17.2 Å². The molecule has 7 rings (SSSR count). The molecular formula is C27H34N4O2. The van der Waals surface area contributed by atoms with Crippen LogP contribution in [-0.4, -0.2) is 39.4 Å². The highest BCUT2D eigenvalue weighted by Gasteiger charge is 2.54. The van der Waals surface area contributed by atoms with Crippen LogP contribution in [0.3, 0.4) is 0 Å². The standard InChI is InChI=1S/C27H34N4O2/c32-25(30-8-5-24(6-9-30)31-10-7-28-18-31)23-3-1-19(2-4-23)17-29-26(33)27-14-20-11-21(15-27)13-22(12-20)16-27/h1-4,7,10,18,20-22,24H,5-6,8-9,11-17H2,(H,29,33). The Morgan fingerprint density at radius 2 is 1.61 bits per heavy atom. The summed E-state index contributed by atoms with van der Waals surface area (Å²) in [6.45, 7) is 2.08. The molecule has 4 bridgehead atoms. The molecule has 0 spiro atoms. The molecular weight excluding hydrogens is 412 g/mol. The molecule has 1 N–H and O–H groups in total. The average Bonchev–Trinajstić information content (AvgIpc) is 3.37. The molecule has 1 aromatic heterocycles. The van der Waals surface area contributed by atoms with E-state index in [0.29, 0.717) is 12.6 Å². The molecule has 33 heavy (non-hydrogen) atoms. The monoisotopic (exact) mass is 446 g/mol. The van der Waals surface area contributed by atoms with Crippen LogP contribution in [0.25, 0.3) is 0 Å². The Balaban J connectivity index is 1.03. The molecule has 6 heteroatoms. The summed E-state index contributed by atoms with van der Waals surface area (Å²) in [5.74, 6) is 2.69. The van der Waals surface area contributed by atoms with Crippen molar-refractivity contribution in [2.24, 2.45) is 23.2 Å². The first kappa shape index (κ1) is 20.9. The van der Waals surface area contributed by atoms with Crippen molar-refractivity contribution in [2.45, 2.75) is 64.0 Å². The van der Waals surface area contributed by atoms with Crippen molar-refractivity contribution < 1.29 is 9.59 Å². The Hall–Kier alpha value is -2.63. The Morgan fingerprint density at radius 1 is 0.970 bits per heavy atom. The van der Waals surface area contributed by atoms with Gasteiger partial charge in [0.05, 0.1) is 6.33 Å². The van der Waals surface area contributed by atoms with Crippen LogP contribution < -0.4 is 5.32 Å². The van der Waals surface area contributed by atoms with Crippen LogP contribution in [-0.2, 0) is 11.3 Å². The van der Waals surface area contributed by atoms with Crippen LogP contribution in [0, 0.1) is 23.2 Å². The molecule has 5 fully saturated rings. The number of piperidine rings is 1. The third-order valence-electron chi connectivity index (χ3n) is 8.87. The number of carbonyl (C=O) groups excluding carboxylic acids is 2. The van der Waals surface area contributed by atoms with Gasteiger partial charge in [-0.15, -0.1) is 0 Å². The Kier molecular flexibility index (Phi) is 5.27. The highest BCUT2D eigenvalue weighted by molar-refractivity contribution is 5.94. The Bertz CT molecular complexity index is 970. The van der Waals surface area contributed by atoms with Crippen molar-refractivity contribution in [1.82, 2.24) is 19.8 Å². The number of carbonyl (C=O) groups is 2. The molecule has 2 amide bonds. The summed E-state index contributed by atoms with van der Waals surface area (Å²) < 4.78 is 2.15. The molecule has 1 saturated heterocycles. The second kappa shape index (κ2) is 8.30. The van der Waals surface area contributed by atoms with Gasteiger partial charge in [-0.1, -0.05) is 12.1 Å². The van der Waals surface area contributed by atoms with Crippen molar-refractivity contribution in [2.75, 3.05) is 13.1 Å². The fraction of sp³-hybridized carbons (Fsp3) is 0.593. The van der Waals surface area contributed by atoms with Crippen molar-refractivity contribution in [3.8, 4) is 0 Å². The van der Waals surface area contributed by atoms with Crippen LogP contribution >= 0.6 is 0 Å². The second-order valence-electron chi connectivity index (χ2n) is 11.1. The van der Waals surface area contributed by atoms with Crippen molar-refractivity contribution in [3.63, 3.8) is 0 Å². The van der Waals surface area contributed by atoms with Crippen LogP contribution in [0.15, 0.2) is 43.0 Å². The lowest BCUT2D eigenvalue weighted by atomic mass is 9.49. The number of nitrogens with zero attached hydrogens (tertiary/aromatic N) is 3. The molecule has 0 atom stereocenters. The van der Waals surface area contributed by atoms with Crippen LogP contribution in [0.1, 0.15) is 73.3 Å². The zero-order valence-corrected chi connectivity index (χ0v) is 19.3. The lowest BCUT2D eigenvalue weighted by molar-refractivity contribution is -0.146. The highest BCUT2D eigenvalue weighted by Crippen LogP contribution is 2.60. The smallest absolute Gasteiger partial charge is 0.253 e. The molecule has 6 nitrogen and oxygen atoms in total. The minimum absolute atomic E-state index is 0.100. The van der Waals surface area contributed by atoms with E-state index >= 15 is 0 Å². The lowest BCUT2D eigenvalue weighted by Crippen LogP contribution is -2.53. The first-order valence-electron chi connectivity index (χ1n) is 12.7. The van der Waals surface area contributed by atoms with Crippen molar-refractivity contribution >= 4 is 11.8 Å². The summed E-state index contributed by atoms with van der Waals surface area (Å²) in [7, 11) is 0. The summed E-state index contributed by atoms with van der Waals surface area (Å²) >= 11 is 0. The van der Waals surface area contributed by atoms with E-state index in [0.717, 1.165) is 74.1 Å². The molecule has 4 aliphatic carbocycles. The maximum absolute atomic E-state index is 13.2. The van der Waals surface area contributed by atoms with E-state index in [9.17, 15) is 9.59 Å². The lowest BCUT2D eigenvalue weighted by Gasteiger charge is -2.55. The number of imidazole rings is 1. The fourth-order valence-electron chi connectivity index (χ4n) is 7.56. The molecule has 174 valence electrons. The zero-order chi connectivity index (χ0) is 22.4. The van der Waals surface area contributed by atoms with Gasteiger partial charge >= 0.3 is 0 Å². The summed E-state index contributed by atoms with van der Waals surface area (Å²) in [5, 5.41) is 3.24. The predicted octanol–water partition coefficient (Wildman–Crippen LogP) is 4.19. The largest absolute Gasteiger partial charge is 0.352 e. The molecule has 1 aliphatic heterocycles. The average molecular weight is 447 g/mol. The number of rotatable bonds is 5. The van der Waals surface area contributed by atoms with Crippen LogP contribution in [0.5, 0.6) is 0 Å². The number of hydrogen-bond donors (Lipinski definition) is 1. The topological polar surface area (TPSA) is 67.2 Å². The van der Waals surface area contributed by atoms with E-state index in [2.05, 4.69) is 14.9 Å². The molecule has 0 unspecified atom stereocenters. The summed E-state index contributed by atoms with van der Waals surface area (Å²) in [6.07, 6.45) is 14.9. The fourth-order valence-corrected chi connectivity index (χ4v) is 7.56. The maximum Gasteiger partial charge on any atom is 0.253 e. The molecule has 2 heterocycles. The van der Waals surface area contributed by atoms with Gasteiger partial charge in [0.1, 0.15) is 0 Å². The summed E-state index contributed by atoms with van der Waals surface area (Å²) in [4.78, 5) is 32.2. The number of hydrogen-bond acceptors (Lipinski definition) is 3. The molecule has 2 aromatic rings. The van der Waals surface area contributed by atoms with Gasteiger partial charge in [-0.25, -0.2) is 4.98 Å². The zero-order valence-electron chi connectivity index (χ0n) is 19.3. The van der Waals surface area contributed by atoms with Gasteiger partial charge in [-0.2, -0.15) is 0 Å². The Labute approximate surface area is 195 Å².